The van der Waals surface area contributed by atoms with Crippen LogP contribution in [0.5, 0.6) is 5.75 Å². The van der Waals surface area contributed by atoms with E-state index in [2.05, 4.69) is 31.7 Å². The number of unbranched alkanes of at least 4 members (excludes halogenated alkanes) is 3. The van der Waals surface area contributed by atoms with E-state index in [1.807, 2.05) is 12.1 Å². The van der Waals surface area contributed by atoms with Crippen molar-refractivity contribution in [3.63, 3.8) is 0 Å². The minimum Gasteiger partial charge on any atom is -0.494 e. The molecule has 1 nitrogen and oxygen atoms in total. The first kappa shape index (κ1) is 12.4. The summed E-state index contributed by atoms with van der Waals surface area (Å²) in [5.74, 6) is 1.98. The summed E-state index contributed by atoms with van der Waals surface area (Å²) in [5, 5.41) is 0. The topological polar surface area (TPSA) is 9.23 Å². The summed E-state index contributed by atoms with van der Waals surface area (Å²) in [5.41, 5.74) is 1.27. The lowest BCUT2D eigenvalue weighted by atomic mass is 10.2. The van der Waals surface area contributed by atoms with Gasteiger partial charge in [-0.2, -0.15) is 12.6 Å². The van der Waals surface area contributed by atoms with Crippen molar-refractivity contribution >= 4 is 12.6 Å². The zero-order chi connectivity index (χ0) is 10.9. The predicted octanol–water partition coefficient (Wildman–Crippen LogP) is 3.86. The highest BCUT2D eigenvalue weighted by molar-refractivity contribution is 7.80. The fraction of sp³-hybridized carbons (Fsp3) is 0.538. The van der Waals surface area contributed by atoms with Crippen LogP contribution in [0.1, 0.15) is 31.2 Å². The molecular formula is C13H20OS. The smallest absolute Gasteiger partial charge is 0.119 e. The van der Waals surface area contributed by atoms with Crippen LogP contribution < -0.4 is 4.74 Å². The molecule has 0 fully saturated rings. The Balaban J connectivity index is 2.07. The van der Waals surface area contributed by atoms with Gasteiger partial charge in [-0.25, -0.2) is 0 Å². The van der Waals surface area contributed by atoms with Gasteiger partial charge in [0.25, 0.3) is 0 Å². The van der Waals surface area contributed by atoms with E-state index in [1.54, 1.807) is 0 Å². The summed E-state index contributed by atoms with van der Waals surface area (Å²) in [7, 11) is 0. The van der Waals surface area contributed by atoms with Gasteiger partial charge in [-0.15, -0.1) is 0 Å². The van der Waals surface area contributed by atoms with Crippen LogP contribution in [-0.4, -0.2) is 12.4 Å². The van der Waals surface area contributed by atoms with E-state index < -0.39 is 0 Å². The van der Waals surface area contributed by atoms with Crippen molar-refractivity contribution in [3.8, 4) is 5.75 Å². The van der Waals surface area contributed by atoms with Gasteiger partial charge in [-0.05, 0) is 37.7 Å². The Bertz CT molecular complexity index is 256. The van der Waals surface area contributed by atoms with E-state index >= 15 is 0 Å². The lowest BCUT2D eigenvalue weighted by Crippen LogP contribution is -1.97. The molecule has 0 saturated heterocycles. The molecule has 1 aromatic carbocycles. The average molecular weight is 224 g/mol. The van der Waals surface area contributed by atoms with E-state index in [9.17, 15) is 0 Å². The third-order valence-corrected chi connectivity index (χ3v) is 2.66. The first-order valence-electron chi connectivity index (χ1n) is 5.63. The molecule has 0 aromatic heterocycles. The molecule has 0 atom stereocenters. The molecule has 0 unspecified atom stereocenters. The summed E-state index contributed by atoms with van der Waals surface area (Å²) < 4.78 is 5.62. The largest absolute Gasteiger partial charge is 0.494 e. The number of ether oxygens (including phenoxy) is 1. The molecule has 84 valence electrons. The van der Waals surface area contributed by atoms with Crippen molar-refractivity contribution < 1.29 is 4.74 Å². The predicted molar refractivity (Wildman–Crippen MR) is 69.0 cm³/mol. The van der Waals surface area contributed by atoms with Crippen molar-refractivity contribution in [3.05, 3.63) is 29.8 Å². The van der Waals surface area contributed by atoms with Crippen LogP contribution in [0.3, 0.4) is 0 Å². The zero-order valence-electron chi connectivity index (χ0n) is 9.41. The van der Waals surface area contributed by atoms with Crippen LogP contribution in [0.15, 0.2) is 24.3 Å². The summed E-state index contributed by atoms with van der Waals surface area (Å²) in [4.78, 5) is 0. The number of aryl methyl sites for hydroxylation is 1. The second-order valence-electron chi connectivity index (χ2n) is 3.80. The van der Waals surface area contributed by atoms with Gasteiger partial charge in [0.05, 0.1) is 6.61 Å². The molecule has 0 spiro atoms. The highest BCUT2D eigenvalue weighted by Gasteiger charge is 1.93. The first-order valence-corrected chi connectivity index (χ1v) is 6.26. The second kappa shape index (κ2) is 7.63. The molecule has 0 aliphatic heterocycles. The van der Waals surface area contributed by atoms with Crippen molar-refractivity contribution in [2.24, 2.45) is 0 Å². The molecule has 0 aliphatic carbocycles. The van der Waals surface area contributed by atoms with Crippen molar-refractivity contribution in [1.29, 1.82) is 0 Å². The van der Waals surface area contributed by atoms with Gasteiger partial charge in [0, 0.05) is 0 Å². The van der Waals surface area contributed by atoms with Crippen molar-refractivity contribution in [2.75, 3.05) is 12.4 Å². The van der Waals surface area contributed by atoms with Crippen LogP contribution in [0.25, 0.3) is 0 Å². The van der Waals surface area contributed by atoms with Crippen LogP contribution >= 0.6 is 12.6 Å². The van der Waals surface area contributed by atoms with Crippen LogP contribution in [0.4, 0.5) is 0 Å². The number of thiol groups is 1. The normalized spacial score (nSPS) is 10.3. The molecule has 0 amide bonds. The Kier molecular flexibility index (Phi) is 6.33. The lowest BCUT2D eigenvalue weighted by Gasteiger charge is -2.05. The Morgan fingerprint density at radius 3 is 2.33 bits per heavy atom. The maximum Gasteiger partial charge on any atom is 0.119 e. The van der Waals surface area contributed by atoms with Gasteiger partial charge in [0.15, 0.2) is 0 Å². The molecule has 0 bridgehead atoms. The monoisotopic (exact) mass is 224 g/mol. The van der Waals surface area contributed by atoms with E-state index in [1.165, 1.54) is 24.8 Å². The quantitative estimate of drug-likeness (QED) is 0.546. The highest BCUT2D eigenvalue weighted by atomic mass is 32.1. The minimum absolute atomic E-state index is 0.829. The fourth-order valence-corrected chi connectivity index (χ4v) is 1.62. The minimum atomic E-state index is 0.829. The summed E-state index contributed by atoms with van der Waals surface area (Å²) in [6.07, 6.45) is 4.86. The van der Waals surface area contributed by atoms with Gasteiger partial charge in [0.2, 0.25) is 0 Å². The van der Waals surface area contributed by atoms with Gasteiger partial charge >= 0.3 is 0 Å². The van der Waals surface area contributed by atoms with Crippen molar-refractivity contribution in [1.82, 2.24) is 0 Å². The standard InChI is InChI=1S/C13H20OS/c1-12-6-8-13(9-7-12)14-10-4-2-3-5-11-15/h6-9,15H,2-5,10-11H2,1H3. The molecule has 2 heteroatoms. The molecule has 0 heterocycles. The molecule has 1 aromatic rings. The second-order valence-corrected chi connectivity index (χ2v) is 4.25. The van der Waals surface area contributed by atoms with Crippen molar-refractivity contribution in [2.45, 2.75) is 32.6 Å². The molecule has 0 saturated carbocycles. The number of rotatable bonds is 7. The average Bonchev–Trinajstić information content (AvgIpc) is 2.26. The van der Waals surface area contributed by atoms with E-state index in [0.717, 1.165) is 24.5 Å². The van der Waals surface area contributed by atoms with Crippen LogP contribution in [0.2, 0.25) is 0 Å². The van der Waals surface area contributed by atoms with E-state index in [4.69, 9.17) is 4.74 Å². The molecule has 15 heavy (non-hydrogen) atoms. The third-order valence-electron chi connectivity index (χ3n) is 2.34. The Morgan fingerprint density at radius 1 is 1.00 bits per heavy atom. The molecule has 1 rings (SSSR count). The maximum atomic E-state index is 5.62. The SMILES string of the molecule is Cc1ccc(OCCCCCCS)cc1. The molecule has 0 radical (unpaired) electrons. The van der Waals surface area contributed by atoms with Gasteiger partial charge in [-0.3, -0.25) is 0 Å². The van der Waals surface area contributed by atoms with Gasteiger partial charge < -0.3 is 4.74 Å². The zero-order valence-corrected chi connectivity index (χ0v) is 10.3. The lowest BCUT2D eigenvalue weighted by molar-refractivity contribution is 0.305. The number of benzene rings is 1. The number of hydrogen-bond donors (Lipinski definition) is 1. The first-order chi connectivity index (χ1) is 7.33. The fourth-order valence-electron chi connectivity index (χ4n) is 1.39. The van der Waals surface area contributed by atoms with E-state index in [-0.39, 0.29) is 0 Å². The third kappa shape index (κ3) is 5.73. The Morgan fingerprint density at radius 2 is 1.67 bits per heavy atom. The number of hydrogen-bond acceptors (Lipinski definition) is 2. The Labute approximate surface area is 98.3 Å². The maximum absolute atomic E-state index is 5.62. The van der Waals surface area contributed by atoms with Gasteiger partial charge in [-0.1, -0.05) is 30.5 Å². The Hall–Kier alpha value is -0.630. The molecule has 0 N–H and O–H groups in total. The highest BCUT2D eigenvalue weighted by Crippen LogP contribution is 2.12. The summed E-state index contributed by atoms with van der Waals surface area (Å²) >= 11 is 4.18. The molecular weight excluding hydrogens is 204 g/mol. The van der Waals surface area contributed by atoms with E-state index in [0.29, 0.717) is 0 Å². The van der Waals surface area contributed by atoms with Gasteiger partial charge in [0.1, 0.15) is 5.75 Å². The van der Waals surface area contributed by atoms with Crippen LogP contribution in [-0.2, 0) is 0 Å². The molecule has 0 aliphatic rings. The van der Waals surface area contributed by atoms with Crippen LogP contribution in [0, 0.1) is 6.92 Å². The summed E-state index contributed by atoms with van der Waals surface area (Å²) in [6, 6.07) is 8.22. The summed E-state index contributed by atoms with van der Waals surface area (Å²) in [6.45, 7) is 2.91.